The van der Waals surface area contributed by atoms with Gasteiger partial charge >= 0.3 is 21.1 Å². The maximum absolute atomic E-state index is 6.58. The molecule has 0 unspecified atom stereocenters. The predicted octanol–water partition coefficient (Wildman–Crippen LogP) is 10.5. The molecule has 0 N–H and O–H groups in total. The van der Waals surface area contributed by atoms with Gasteiger partial charge < -0.3 is 19.1 Å². The second kappa shape index (κ2) is 12.0. The van der Waals surface area contributed by atoms with E-state index in [-0.39, 0.29) is 21.1 Å². The number of rotatable bonds is 6. The summed E-state index contributed by atoms with van der Waals surface area (Å²) >= 11 is 0. The quantitative estimate of drug-likeness (QED) is 0.157. The van der Waals surface area contributed by atoms with Crippen LogP contribution in [0.4, 0.5) is 22.7 Å². The second-order valence-electron chi connectivity index (χ2n) is 11.3. The van der Waals surface area contributed by atoms with Crippen molar-refractivity contribution in [2.24, 2.45) is 0 Å². The number of hydrogen-bond acceptors (Lipinski definition) is 3. The summed E-state index contributed by atoms with van der Waals surface area (Å²) in [5, 5.41) is 2.29. The van der Waals surface area contributed by atoms with E-state index in [1.165, 1.54) is 10.9 Å². The Bertz CT molecular complexity index is 2120. The zero-order valence-corrected chi connectivity index (χ0v) is 27.1. The summed E-state index contributed by atoms with van der Waals surface area (Å²) in [7, 11) is 0. The molecule has 6 aromatic carbocycles. The number of ether oxygens (including phenoxy) is 1. The maximum Gasteiger partial charge on any atom is 4.00 e. The van der Waals surface area contributed by atoms with Gasteiger partial charge in [0.1, 0.15) is 0 Å². The van der Waals surface area contributed by atoms with Crippen LogP contribution >= 0.6 is 0 Å². The molecule has 45 heavy (non-hydrogen) atoms. The van der Waals surface area contributed by atoms with E-state index >= 15 is 0 Å². The monoisotopic (exact) mass is 762 g/mol. The first kappa shape index (κ1) is 28.9. The van der Waals surface area contributed by atoms with Gasteiger partial charge in [-0.05, 0) is 41.6 Å². The topological polar surface area (TPSA) is 20.6 Å². The predicted molar refractivity (Wildman–Crippen MR) is 179 cm³/mol. The Kier molecular flexibility index (Phi) is 7.69. The van der Waals surface area contributed by atoms with Crippen LogP contribution in [0.2, 0.25) is 0 Å². The van der Waals surface area contributed by atoms with Crippen LogP contribution in [-0.2, 0) is 21.1 Å². The molecule has 8 rings (SSSR count). The average molecular weight is 763 g/mol. The summed E-state index contributed by atoms with van der Waals surface area (Å²) < 4.78 is 8.77. The van der Waals surface area contributed by atoms with Gasteiger partial charge in [0.15, 0.2) is 0 Å². The Morgan fingerprint density at radius 3 is 2.16 bits per heavy atom. The van der Waals surface area contributed by atoms with Crippen molar-refractivity contribution in [3.63, 3.8) is 0 Å². The first-order chi connectivity index (χ1) is 21.6. The third-order valence-electron chi connectivity index (χ3n) is 8.16. The van der Waals surface area contributed by atoms with Crippen LogP contribution in [0, 0.1) is 24.9 Å². The molecule has 0 aliphatic carbocycles. The molecular weight excluding hydrogens is 734 g/mol. The number of aromatic nitrogens is 1. The fraction of sp³-hybridized carbons (Fsp3) is 0.0750. The smallest absolute Gasteiger partial charge is 0.509 e. The molecule has 0 radical (unpaired) electrons. The summed E-state index contributed by atoms with van der Waals surface area (Å²) in [4.78, 5) is 4.41. The first-order valence-corrected chi connectivity index (χ1v) is 14.9. The average Bonchev–Trinajstić information content (AvgIpc) is 3.62. The molecular formula is C40H29N3OPt. The van der Waals surface area contributed by atoms with Crippen LogP contribution in [-0.4, -0.2) is 4.57 Å². The van der Waals surface area contributed by atoms with Crippen molar-refractivity contribution in [2.45, 2.75) is 19.8 Å². The van der Waals surface area contributed by atoms with E-state index in [9.17, 15) is 0 Å². The maximum atomic E-state index is 6.58. The van der Waals surface area contributed by atoms with Crippen LogP contribution in [0.1, 0.15) is 25.3 Å². The minimum Gasteiger partial charge on any atom is -0.509 e. The molecule has 7 aromatic rings. The summed E-state index contributed by atoms with van der Waals surface area (Å²) in [6, 6.07) is 54.3. The third kappa shape index (κ3) is 5.20. The van der Waals surface area contributed by atoms with Crippen LogP contribution in [0.3, 0.4) is 0 Å². The standard InChI is InChI=1S/C40H29N3O.Pt/c1-28(2)29-23-32(42-27-41(30-13-5-3-6-14-30)38-19-11-12-20-39(38)42)25-34(24-29)44-33-21-22-36-35-17-9-10-18-37(35)43(40(36)26-33)31-15-7-4-8-16-31;/h3-15,17-24,27-28H,1-2H3;/q-4;+4. The molecule has 1 aliphatic rings. The van der Waals surface area contributed by atoms with E-state index in [0.717, 1.165) is 44.9 Å². The van der Waals surface area contributed by atoms with Gasteiger partial charge in [-0.2, -0.15) is 30.3 Å². The van der Waals surface area contributed by atoms with Gasteiger partial charge in [0, 0.05) is 34.1 Å². The van der Waals surface area contributed by atoms with Crippen molar-refractivity contribution in [3.8, 4) is 17.2 Å². The number of hydrogen-bond donors (Lipinski definition) is 0. The second-order valence-corrected chi connectivity index (χ2v) is 11.3. The molecule has 0 spiro atoms. The van der Waals surface area contributed by atoms with E-state index in [1.54, 1.807) is 0 Å². The Hall–Kier alpha value is -4.79. The van der Waals surface area contributed by atoms with Gasteiger partial charge in [-0.15, -0.1) is 59.7 Å². The van der Waals surface area contributed by atoms with E-state index in [0.29, 0.717) is 17.4 Å². The van der Waals surface area contributed by atoms with Crippen molar-refractivity contribution in [2.75, 3.05) is 9.80 Å². The zero-order valence-electron chi connectivity index (χ0n) is 24.8. The van der Waals surface area contributed by atoms with E-state index in [1.807, 2.05) is 30.3 Å². The molecule has 1 aliphatic heterocycles. The van der Waals surface area contributed by atoms with Gasteiger partial charge in [-0.1, -0.05) is 73.6 Å². The molecule has 5 heteroatoms. The minimum atomic E-state index is 0. The molecule has 0 saturated heterocycles. The van der Waals surface area contributed by atoms with Crippen LogP contribution in [0.15, 0.2) is 127 Å². The molecule has 0 fully saturated rings. The van der Waals surface area contributed by atoms with Gasteiger partial charge in [0.05, 0.1) is 0 Å². The third-order valence-corrected chi connectivity index (χ3v) is 8.16. The van der Waals surface area contributed by atoms with Crippen LogP contribution < -0.4 is 14.5 Å². The molecule has 220 valence electrons. The molecule has 0 saturated carbocycles. The Balaban J connectivity index is 0.00000325. The Labute approximate surface area is 278 Å². The van der Waals surface area contributed by atoms with Crippen molar-refractivity contribution in [3.05, 3.63) is 158 Å². The van der Waals surface area contributed by atoms with Crippen molar-refractivity contribution in [1.29, 1.82) is 0 Å². The van der Waals surface area contributed by atoms with Crippen molar-refractivity contribution >= 4 is 44.6 Å². The fourth-order valence-electron chi connectivity index (χ4n) is 5.99. The van der Waals surface area contributed by atoms with E-state index in [4.69, 9.17) is 4.74 Å². The molecule has 2 heterocycles. The summed E-state index contributed by atoms with van der Waals surface area (Å²) in [6.45, 7) is 6.54. The number of fused-ring (bicyclic) bond motifs is 4. The van der Waals surface area contributed by atoms with Crippen molar-refractivity contribution in [1.82, 2.24) is 4.57 Å². The van der Waals surface area contributed by atoms with Gasteiger partial charge in [0.25, 0.3) is 0 Å². The van der Waals surface area contributed by atoms with E-state index < -0.39 is 0 Å². The molecule has 0 bridgehead atoms. The minimum absolute atomic E-state index is 0. The number of anilines is 4. The van der Waals surface area contributed by atoms with Crippen molar-refractivity contribution < 1.29 is 25.8 Å². The van der Waals surface area contributed by atoms with Crippen LogP contribution in [0.25, 0.3) is 27.5 Å². The SMILES string of the molecule is CC(C)c1cc(Oc2[c-]c3c(cc2)c2ccccc2n3-c2[c-]cccc2)[c-]c(N2[CH-]N(c3ccccc3)c3ccccc32)c1.[Pt+4]. The largest absolute Gasteiger partial charge is 4.00 e. The number of nitrogens with zero attached hydrogens (tertiary/aromatic N) is 3. The zero-order chi connectivity index (χ0) is 29.6. The molecule has 0 atom stereocenters. The fourth-order valence-corrected chi connectivity index (χ4v) is 5.99. The van der Waals surface area contributed by atoms with Crippen LogP contribution in [0.5, 0.6) is 11.5 Å². The Morgan fingerprint density at radius 2 is 1.38 bits per heavy atom. The van der Waals surface area contributed by atoms with Gasteiger partial charge in [0.2, 0.25) is 0 Å². The summed E-state index contributed by atoms with van der Waals surface area (Å²) in [5.74, 6) is 1.59. The molecule has 1 aromatic heterocycles. The van der Waals surface area contributed by atoms with Gasteiger partial charge in [-0.25, -0.2) is 0 Å². The Morgan fingerprint density at radius 1 is 0.644 bits per heavy atom. The van der Waals surface area contributed by atoms with Gasteiger partial charge in [-0.3, -0.25) is 0 Å². The number of para-hydroxylation sites is 5. The first-order valence-electron chi connectivity index (χ1n) is 14.9. The summed E-state index contributed by atoms with van der Waals surface area (Å²) in [6.07, 6.45) is 0. The number of benzene rings is 6. The summed E-state index contributed by atoms with van der Waals surface area (Å²) in [5.41, 5.74) is 8.44. The molecule has 0 amide bonds. The normalized spacial score (nSPS) is 12.5. The van der Waals surface area contributed by atoms with E-state index in [2.05, 4.69) is 150 Å². The molecule has 4 nitrogen and oxygen atoms in total.